The summed E-state index contributed by atoms with van der Waals surface area (Å²) in [6, 6.07) is 8.33. The first-order valence-electron chi connectivity index (χ1n) is 6.65. The Hall–Kier alpha value is -0.750. The summed E-state index contributed by atoms with van der Waals surface area (Å²) in [5.41, 5.74) is 8.57. The SMILES string of the molecule is Cc1nc(CN(C)CCC(N)c2ccc(Br)cc2)cs1. The summed E-state index contributed by atoms with van der Waals surface area (Å²) in [6.45, 7) is 3.89. The number of nitrogens with zero attached hydrogens (tertiary/aromatic N) is 2. The number of hydrogen-bond donors (Lipinski definition) is 1. The van der Waals surface area contributed by atoms with Gasteiger partial charge in [-0.05, 0) is 38.1 Å². The summed E-state index contributed by atoms with van der Waals surface area (Å²) >= 11 is 5.14. The average Bonchev–Trinajstić information content (AvgIpc) is 2.82. The lowest BCUT2D eigenvalue weighted by Gasteiger charge is -2.18. The molecule has 0 amide bonds. The van der Waals surface area contributed by atoms with Crippen LogP contribution in [-0.2, 0) is 6.54 Å². The van der Waals surface area contributed by atoms with Crippen molar-refractivity contribution in [2.24, 2.45) is 5.73 Å². The Balaban J connectivity index is 1.80. The minimum absolute atomic E-state index is 0.0859. The first kappa shape index (κ1) is 15.6. The van der Waals surface area contributed by atoms with Crippen molar-refractivity contribution in [3.8, 4) is 0 Å². The van der Waals surface area contributed by atoms with Crippen LogP contribution in [0.1, 0.15) is 28.7 Å². The monoisotopic (exact) mass is 353 g/mol. The Kier molecular flexibility index (Phi) is 5.72. The topological polar surface area (TPSA) is 42.2 Å². The molecule has 2 rings (SSSR count). The number of rotatable bonds is 6. The fourth-order valence-electron chi connectivity index (χ4n) is 2.07. The zero-order chi connectivity index (χ0) is 14.5. The Bertz CT molecular complexity index is 538. The second-order valence-corrected chi connectivity index (χ2v) is 7.02. The van der Waals surface area contributed by atoms with Gasteiger partial charge in [0.1, 0.15) is 0 Å². The summed E-state index contributed by atoms with van der Waals surface area (Å²) < 4.78 is 1.09. The molecule has 2 N–H and O–H groups in total. The molecule has 0 aliphatic carbocycles. The van der Waals surface area contributed by atoms with Crippen LogP contribution in [0.5, 0.6) is 0 Å². The van der Waals surface area contributed by atoms with E-state index in [1.807, 2.05) is 19.1 Å². The third-order valence-corrected chi connectivity index (χ3v) is 4.57. The van der Waals surface area contributed by atoms with E-state index in [4.69, 9.17) is 5.73 Å². The minimum atomic E-state index is 0.0859. The summed E-state index contributed by atoms with van der Waals surface area (Å²) in [5.74, 6) is 0. The van der Waals surface area contributed by atoms with Gasteiger partial charge in [-0.25, -0.2) is 4.98 Å². The van der Waals surface area contributed by atoms with E-state index in [1.54, 1.807) is 11.3 Å². The predicted octanol–water partition coefficient (Wildman–Crippen LogP) is 3.74. The molecule has 0 radical (unpaired) electrons. The van der Waals surface area contributed by atoms with E-state index in [0.29, 0.717) is 0 Å². The number of thiazole rings is 1. The van der Waals surface area contributed by atoms with Gasteiger partial charge in [-0.2, -0.15) is 0 Å². The molecule has 2 aromatic rings. The van der Waals surface area contributed by atoms with Gasteiger partial charge < -0.3 is 10.6 Å². The fourth-order valence-corrected chi connectivity index (χ4v) is 2.94. The maximum Gasteiger partial charge on any atom is 0.0897 e. The molecule has 0 aliphatic heterocycles. The van der Waals surface area contributed by atoms with Gasteiger partial charge in [0.25, 0.3) is 0 Å². The molecular formula is C15H20BrN3S. The maximum absolute atomic E-state index is 6.24. The summed E-state index contributed by atoms with van der Waals surface area (Å²) in [6.07, 6.45) is 0.946. The highest BCUT2D eigenvalue weighted by Gasteiger charge is 2.09. The summed E-state index contributed by atoms with van der Waals surface area (Å²) in [4.78, 5) is 6.76. The van der Waals surface area contributed by atoms with Gasteiger partial charge in [-0.15, -0.1) is 11.3 Å². The first-order chi connectivity index (χ1) is 9.54. The van der Waals surface area contributed by atoms with Crippen LogP contribution >= 0.6 is 27.3 Å². The Morgan fingerprint density at radius 2 is 2.05 bits per heavy atom. The number of hydrogen-bond acceptors (Lipinski definition) is 4. The average molecular weight is 354 g/mol. The van der Waals surface area contributed by atoms with E-state index in [-0.39, 0.29) is 6.04 Å². The van der Waals surface area contributed by atoms with Crippen LogP contribution in [0.2, 0.25) is 0 Å². The van der Waals surface area contributed by atoms with Crippen LogP contribution in [0.25, 0.3) is 0 Å². The van der Waals surface area contributed by atoms with Gasteiger partial charge in [0.15, 0.2) is 0 Å². The number of aromatic nitrogens is 1. The smallest absolute Gasteiger partial charge is 0.0897 e. The summed E-state index contributed by atoms with van der Waals surface area (Å²) in [5, 5.41) is 3.25. The Labute approximate surface area is 133 Å². The first-order valence-corrected chi connectivity index (χ1v) is 8.32. The molecule has 1 aromatic carbocycles. The van der Waals surface area contributed by atoms with Crippen molar-refractivity contribution in [1.82, 2.24) is 9.88 Å². The van der Waals surface area contributed by atoms with E-state index < -0.39 is 0 Å². The second kappa shape index (κ2) is 7.31. The van der Waals surface area contributed by atoms with Crippen molar-refractivity contribution in [2.75, 3.05) is 13.6 Å². The van der Waals surface area contributed by atoms with Crippen molar-refractivity contribution in [3.05, 3.63) is 50.4 Å². The maximum atomic E-state index is 6.24. The lowest BCUT2D eigenvalue weighted by molar-refractivity contribution is 0.308. The number of aryl methyl sites for hydroxylation is 1. The molecular weight excluding hydrogens is 334 g/mol. The molecule has 0 bridgehead atoms. The van der Waals surface area contributed by atoms with E-state index in [0.717, 1.165) is 34.7 Å². The molecule has 0 saturated heterocycles. The van der Waals surface area contributed by atoms with Gasteiger partial charge in [-0.3, -0.25) is 0 Å². The molecule has 3 nitrogen and oxygen atoms in total. The van der Waals surface area contributed by atoms with Crippen molar-refractivity contribution in [3.63, 3.8) is 0 Å². The number of halogens is 1. The molecule has 1 aromatic heterocycles. The predicted molar refractivity (Wildman–Crippen MR) is 88.9 cm³/mol. The Morgan fingerprint density at radius 3 is 2.65 bits per heavy atom. The van der Waals surface area contributed by atoms with Crippen LogP contribution in [0, 0.1) is 6.92 Å². The van der Waals surface area contributed by atoms with Crippen molar-refractivity contribution in [1.29, 1.82) is 0 Å². The largest absolute Gasteiger partial charge is 0.324 e. The highest BCUT2D eigenvalue weighted by Crippen LogP contribution is 2.18. The lowest BCUT2D eigenvalue weighted by atomic mass is 10.0. The molecule has 0 spiro atoms. The van der Waals surface area contributed by atoms with E-state index >= 15 is 0 Å². The molecule has 1 unspecified atom stereocenters. The van der Waals surface area contributed by atoms with Gasteiger partial charge in [0, 0.05) is 29.0 Å². The van der Waals surface area contributed by atoms with Crippen LogP contribution < -0.4 is 5.73 Å². The zero-order valence-corrected chi connectivity index (χ0v) is 14.2. The number of benzene rings is 1. The van der Waals surface area contributed by atoms with E-state index in [9.17, 15) is 0 Å². The molecule has 0 aliphatic rings. The van der Waals surface area contributed by atoms with E-state index in [2.05, 4.69) is 50.4 Å². The number of nitrogens with two attached hydrogens (primary N) is 1. The standard InChI is InChI=1S/C15H20BrN3S/c1-11-18-14(10-20-11)9-19(2)8-7-15(17)12-3-5-13(16)6-4-12/h3-6,10,15H,7-9,17H2,1-2H3. The normalized spacial score (nSPS) is 12.8. The van der Waals surface area contributed by atoms with Crippen LogP contribution in [0.4, 0.5) is 0 Å². The van der Waals surface area contributed by atoms with E-state index in [1.165, 1.54) is 5.56 Å². The van der Waals surface area contributed by atoms with Crippen molar-refractivity contribution >= 4 is 27.3 Å². The zero-order valence-electron chi connectivity index (χ0n) is 11.8. The van der Waals surface area contributed by atoms with Gasteiger partial charge in [0.05, 0.1) is 10.7 Å². The molecule has 0 saturated carbocycles. The third-order valence-electron chi connectivity index (χ3n) is 3.22. The third kappa shape index (κ3) is 4.66. The van der Waals surface area contributed by atoms with Crippen molar-refractivity contribution < 1.29 is 0 Å². The fraction of sp³-hybridized carbons (Fsp3) is 0.400. The highest BCUT2D eigenvalue weighted by molar-refractivity contribution is 9.10. The molecule has 20 heavy (non-hydrogen) atoms. The van der Waals surface area contributed by atoms with Crippen LogP contribution in [0.3, 0.4) is 0 Å². The van der Waals surface area contributed by atoms with Crippen LogP contribution in [0.15, 0.2) is 34.1 Å². The molecule has 0 fully saturated rings. The van der Waals surface area contributed by atoms with Gasteiger partial charge in [0.2, 0.25) is 0 Å². The molecule has 108 valence electrons. The van der Waals surface area contributed by atoms with Crippen molar-refractivity contribution in [2.45, 2.75) is 25.9 Å². The van der Waals surface area contributed by atoms with Gasteiger partial charge >= 0.3 is 0 Å². The second-order valence-electron chi connectivity index (χ2n) is 5.04. The Morgan fingerprint density at radius 1 is 1.35 bits per heavy atom. The van der Waals surface area contributed by atoms with Crippen LogP contribution in [-0.4, -0.2) is 23.5 Å². The minimum Gasteiger partial charge on any atom is -0.324 e. The lowest BCUT2D eigenvalue weighted by Crippen LogP contribution is -2.23. The quantitative estimate of drug-likeness (QED) is 0.859. The highest BCUT2D eigenvalue weighted by atomic mass is 79.9. The molecule has 1 heterocycles. The summed E-state index contributed by atoms with van der Waals surface area (Å²) in [7, 11) is 2.11. The molecule has 5 heteroatoms. The molecule has 1 atom stereocenters. The van der Waals surface area contributed by atoms with Gasteiger partial charge in [-0.1, -0.05) is 28.1 Å².